The van der Waals surface area contributed by atoms with Gasteiger partial charge in [-0.2, -0.15) is 0 Å². The van der Waals surface area contributed by atoms with Crippen LogP contribution in [0.4, 0.5) is 5.82 Å². The van der Waals surface area contributed by atoms with E-state index in [1.165, 1.54) is 11.6 Å². The van der Waals surface area contributed by atoms with Crippen molar-refractivity contribution in [3.63, 3.8) is 0 Å². The molecule has 0 unspecified atom stereocenters. The first-order valence-electron chi connectivity index (χ1n) is 13.6. The predicted molar refractivity (Wildman–Crippen MR) is 159 cm³/mol. The topological polar surface area (TPSA) is 90.4 Å². The number of aromatic amines is 1. The van der Waals surface area contributed by atoms with Crippen molar-refractivity contribution in [2.45, 2.75) is 32.2 Å². The molecule has 2 aromatic carbocycles. The molecule has 4 aromatic rings. The Labute approximate surface area is 241 Å². The molecular formula is C30H32BrN7O2. The lowest BCUT2D eigenvalue weighted by Gasteiger charge is -2.41. The van der Waals surface area contributed by atoms with Crippen molar-refractivity contribution in [3.8, 4) is 5.69 Å². The fraction of sp³-hybridized carbons (Fsp3) is 0.333. The van der Waals surface area contributed by atoms with E-state index < -0.39 is 0 Å². The minimum absolute atomic E-state index is 0.116. The second-order valence-corrected chi connectivity index (χ2v) is 11.6. The molecule has 0 aliphatic carbocycles. The molecule has 40 heavy (non-hydrogen) atoms. The quantitative estimate of drug-likeness (QED) is 0.338. The van der Waals surface area contributed by atoms with Gasteiger partial charge in [-0.25, -0.2) is 9.67 Å². The molecule has 206 valence electrons. The van der Waals surface area contributed by atoms with Gasteiger partial charge in [0.15, 0.2) is 5.82 Å². The van der Waals surface area contributed by atoms with Crippen molar-refractivity contribution < 1.29 is 9.59 Å². The van der Waals surface area contributed by atoms with Crippen LogP contribution in [0, 0.1) is 0 Å². The summed E-state index contributed by atoms with van der Waals surface area (Å²) >= 11 is 3.55. The number of carbonyl (C=O) groups excluding carboxylic acids is 2. The maximum Gasteiger partial charge on any atom is 0.256 e. The van der Waals surface area contributed by atoms with E-state index in [4.69, 9.17) is 5.10 Å². The number of hydrogen-bond acceptors (Lipinski definition) is 5. The average molecular weight is 603 g/mol. The lowest BCUT2D eigenvalue weighted by atomic mass is 9.94. The molecule has 9 nitrogen and oxygen atoms in total. The number of fused-ring (bicyclic) bond motifs is 1. The number of rotatable bonds is 4. The van der Waals surface area contributed by atoms with Crippen LogP contribution in [-0.4, -0.2) is 74.6 Å². The number of likely N-dealkylation sites (N-methyl/N-ethyl adjacent to an activating group) is 1. The summed E-state index contributed by atoms with van der Waals surface area (Å²) in [6.45, 7) is 10.1. The van der Waals surface area contributed by atoms with Gasteiger partial charge in [0.1, 0.15) is 5.52 Å². The predicted octanol–water partition coefficient (Wildman–Crippen LogP) is 4.84. The molecule has 10 heteroatoms. The van der Waals surface area contributed by atoms with Crippen LogP contribution in [-0.2, 0) is 11.2 Å². The van der Waals surface area contributed by atoms with Gasteiger partial charge in [-0.3, -0.25) is 9.59 Å². The fourth-order valence-corrected chi connectivity index (χ4v) is 6.27. The van der Waals surface area contributed by atoms with Crippen LogP contribution in [0.25, 0.3) is 16.7 Å². The molecule has 0 saturated heterocycles. The van der Waals surface area contributed by atoms with Gasteiger partial charge < -0.3 is 19.7 Å². The molecule has 1 N–H and O–H groups in total. The maximum absolute atomic E-state index is 14.2. The normalized spacial score (nSPS) is 17.1. The van der Waals surface area contributed by atoms with Crippen molar-refractivity contribution in [1.29, 1.82) is 0 Å². The molecule has 2 amide bonds. The van der Waals surface area contributed by atoms with Crippen molar-refractivity contribution in [1.82, 2.24) is 29.5 Å². The van der Waals surface area contributed by atoms with Gasteiger partial charge in [0, 0.05) is 49.7 Å². The Morgan fingerprint density at radius 3 is 2.62 bits per heavy atom. The summed E-state index contributed by atoms with van der Waals surface area (Å²) in [6.07, 6.45) is 3.59. The van der Waals surface area contributed by atoms with E-state index in [0.717, 1.165) is 32.8 Å². The zero-order valence-electron chi connectivity index (χ0n) is 22.9. The SMILES string of the molecule is C=CC(=O)N1CCN(C)c2nn(-c3ccc(C(C)C)cc3)c3c2[C@H](C1)N(C(=O)c1ccc(Br)c2[nH]cnc12)CC3. The van der Waals surface area contributed by atoms with Crippen LogP contribution in [0.15, 0.2) is 59.9 Å². The Bertz CT molecular complexity index is 1620. The summed E-state index contributed by atoms with van der Waals surface area (Å²) in [5.74, 6) is 1.02. The fourth-order valence-electron chi connectivity index (χ4n) is 5.83. The molecule has 0 fully saturated rings. The second-order valence-electron chi connectivity index (χ2n) is 10.7. The highest BCUT2D eigenvalue weighted by Gasteiger charge is 2.41. The zero-order valence-corrected chi connectivity index (χ0v) is 24.5. The molecule has 2 aliphatic rings. The number of halogens is 1. The number of anilines is 1. The molecule has 4 heterocycles. The van der Waals surface area contributed by atoms with Crippen molar-refractivity contribution in [2.75, 3.05) is 38.1 Å². The smallest absolute Gasteiger partial charge is 0.256 e. The highest BCUT2D eigenvalue weighted by Crippen LogP contribution is 2.40. The molecule has 0 spiro atoms. The number of hydrogen-bond donors (Lipinski definition) is 1. The second kappa shape index (κ2) is 10.2. The van der Waals surface area contributed by atoms with Gasteiger partial charge in [0.25, 0.3) is 5.91 Å². The molecule has 0 bridgehead atoms. The van der Waals surface area contributed by atoms with E-state index in [0.29, 0.717) is 49.6 Å². The largest absolute Gasteiger partial charge is 0.356 e. The third kappa shape index (κ3) is 4.30. The minimum Gasteiger partial charge on any atom is -0.356 e. The molecule has 2 aromatic heterocycles. The highest BCUT2D eigenvalue weighted by atomic mass is 79.9. The van der Waals surface area contributed by atoms with Crippen LogP contribution in [0.3, 0.4) is 0 Å². The van der Waals surface area contributed by atoms with E-state index >= 15 is 0 Å². The lowest BCUT2D eigenvalue weighted by molar-refractivity contribution is -0.126. The summed E-state index contributed by atoms with van der Waals surface area (Å²) in [5.41, 5.74) is 6.25. The van der Waals surface area contributed by atoms with Gasteiger partial charge in [-0.1, -0.05) is 32.6 Å². The molecule has 1 atom stereocenters. The molecule has 0 radical (unpaired) electrons. The standard InChI is InChI=1S/C30H32BrN7O2/c1-5-25(39)36-15-14-35(4)29-26-23(38(34-29)20-8-6-19(7-9-20)18(2)3)12-13-37(24(26)16-36)30(40)21-10-11-22(31)28-27(21)32-17-33-28/h5-11,17-18,24H,1,12-16H2,2-4H3,(H,32,33)/t24-/m0/s1. The van der Waals surface area contributed by atoms with E-state index in [9.17, 15) is 9.59 Å². The first-order valence-corrected chi connectivity index (χ1v) is 14.3. The first kappa shape index (κ1) is 26.3. The number of nitrogens with zero attached hydrogens (tertiary/aromatic N) is 6. The van der Waals surface area contributed by atoms with Gasteiger partial charge in [0.05, 0.1) is 34.8 Å². The molecule has 2 aliphatic heterocycles. The van der Waals surface area contributed by atoms with Crippen molar-refractivity contribution in [3.05, 3.63) is 82.2 Å². The number of carbonyl (C=O) groups is 2. The summed E-state index contributed by atoms with van der Waals surface area (Å²) in [6, 6.07) is 11.8. The summed E-state index contributed by atoms with van der Waals surface area (Å²) in [4.78, 5) is 40.5. The number of H-pyrrole nitrogens is 1. The number of imidazole rings is 1. The van der Waals surface area contributed by atoms with Gasteiger partial charge >= 0.3 is 0 Å². The Hall–Kier alpha value is -3.92. The van der Waals surface area contributed by atoms with Gasteiger partial charge in [0.2, 0.25) is 5.91 Å². The summed E-state index contributed by atoms with van der Waals surface area (Å²) < 4.78 is 2.87. The summed E-state index contributed by atoms with van der Waals surface area (Å²) in [7, 11) is 2.00. The Kier molecular flexibility index (Phi) is 6.74. The first-order chi connectivity index (χ1) is 19.3. The number of nitrogens with one attached hydrogen (secondary N) is 1. The van der Waals surface area contributed by atoms with Gasteiger partial charge in [-0.15, -0.1) is 5.10 Å². The monoisotopic (exact) mass is 601 g/mol. The third-order valence-electron chi connectivity index (χ3n) is 8.07. The van der Waals surface area contributed by atoms with E-state index in [1.54, 1.807) is 11.2 Å². The van der Waals surface area contributed by atoms with Crippen molar-refractivity contribution in [2.24, 2.45) is 0 Å². The highest BCUT2D eigenvalue weighted by molar-refractivity contribution is 9.10. The molecular weight excluding hydrogens is 570 g/mol. The Morgan fingerprint density at radius 1 is 1.12 bits per heavy atom. The van der Waals surface area contributed by atoms with Gasteiger partial charge in [-0.05, 0) is 57.8 Å². The van der Waals surface area contributed by atoms with Crippen molar-refractivity contribution >= 4 is 44.6 Å². The summed E-state index contributed by atoms with van der Waals surface area (Å²) in [5, 5.41) is 5.11. The average Bonchev–Trinajstić information content (AvgIpc) is 3.60. The van der Waals surface area contributed by atoms with E-state index in [-0.39, 0.29) is 17.9 Å². The van der Waals surface area contributed by atoms with Crippen LogP contribution in [0.5, 0.6) is 0 Å². The van der Waals surface area contributed by atoms with Crippen LogP contribution >= 0.6 is 15.9 Å². The van der Waals surface area contributed by atoms with Crippen LogP contribution < -0.4 is 4.90 Å². The Balaban J connectivity index is 1.48. The zero-order chi connectivity index (χ0) is 28.1. The number of amides is 2. The maximum atomic E-state index is 14.2. The molecule has 0 saturated carbocycles. The molecule has 6 rings (SSSR count). The lowest BCUT2D eigenvalue weighted by Crippen LogP contribution is -2.49. The van der Waals surface area contributed by atoms with E-state index in [1.807, 2.05) is 28.8 Å². The van der Waals surface area contributed by atoms with Crippen LogP contribution in [0.2, 0.25) is 0 Å². The van der Waals surface area contributed by atoms with Crippen LogP contribution in [0.1, 0.15) is 53.0 Å². The van der Waals surface area contributed by atoms with E-state index in [2.05, 4.69) is 75.5 Å². The number of aromatic nitrogens is 4. The minimum atomic E-state index is -0.376. The Morgan fingerprint density at radius 2 is 1.90 bits per heavy atom. The third-order valence-corrected chi connectivity index (χ3v) is 8.73. The number of benzene rings is 2.